The van der Waals surface area contributed by atoms with Crippen molar-refractivity contribution >= 4 is 47.1 Å². The predicted octanol–water partition coefficient (Wildman–Crippen LogP) is 7.50. The van der Waals surface area contributed by atoms with Gasteiger partial charge in [0.05, 0.1) is 22.6 Å². The quantitative estimate of drug-likeness (QED) is 0.0777. The van der Waals surface area contributed by atoms with Crippen LogP contribution in [0.15, 0.2) is 71.9 Å². The Balaban J connectivity index is 1.02. The minimum Gasteiger partial charge on any atom is -0.478 e. The highest BCUT2D eigenvalue weighted by Crippen LogP contribution is 2.59. The summed E-state index contributed by atoms with van der Waals surface area (Å²) in [5.74, 6) is 0.0216. The van der Waals surface area contributed by atoms with Crippen molar-refractivity contribution < 1.29 is 32.6 Å². The van der Waals surface area contributed by atoms with Gasteiger partial charge in [-0.15, -0.1) is 0 Å². The number of pyridine rings is 2. The molecule has 1 aromatic carbocycles. The monoisotopic (exact) mass is 759 g/mol. The molecule has 0 bridgehead atoms. The number of alkyl halides is 3. The number of aromatic carboxylic acids is 1. The summed E-state index contributed by atoms with van der Waals surface area (Å²) in [6, 6.07) is 15.3. The molecule has 6 rings (SSSR count). The Kier molecular flexibility index (Phi) is 11.4. The normalized spacial score (nSPS) is 20.8. The number of benzene rings is 1. The molecule has 16 heteroatoms. The van der Waals surface area contributed by atoms with Gasteiger partial charge < -0.3 is 20.5 Å². The van der Waals surface area contributed by atoms with Crippen LogP contribution in [0.5, 0.6) is 0 Å². The number of carbonyl (C=O) groups excluding carboxylic acids is 1. The van der Waals surface area contributed by atoms with E-state index in [2.05, 4.69) is 39.6 Å². The van der Waals surface area contributed by atoms with Crippen molar-refractivity contribution in [1.82, 2.24) is 25.4 Å². The van der Waals surface area contributed by atoms with Gasteiger partial charge in [0.1, 0.15) is 28.0 Å². The van der Waals surface area contributed by atoms with Gasteiger partial charge in [0.15, 0.2) is 0 Å². The number of carboxylic acid groups (broad SMARTS) is 1. The zero-order chi connectivity index (χ0) is 37.1. The average Bonchev–Trinajstić information content (AvgIpc) is 3.63. The molecule has 52 heavy (non-hydrogen) atoms. The first kappa shape index (κ1) is 37.9. The highest BCUT2D eigenvalue weighted by molar-refractivity contribution is 7.97. The van der Waals surface area contributed by atoms with Crippen LogP contribution in [-0.4, -0.2) is 58.0 Å². The van der Waals surface area contributed by atoms with Crippen LogP contribution in [0, 0.1) is 11.3 Å². The van der Waals surface area contributed by atoms with E-state index in [1.165, 1.54) is 11.1 Å². The summed E-state index contributed by atoms with van der Waals surface area (Å²) in [4.78, 5) is 33.5. The van der Waals surface area contributed by atoms with Crippen molar-refractivity contribution in [1.29, 1.82) is 0 Å². The van der Waals surface area contributed by atoms with Gasteiger partial charge in [-0.3, -0.25) is 14.5 Å². The SMILES string of the molecule is CC1(C)CC(CCC(Nc2cccc(SNC(=O)c3ccc(N4C=CC(OCCC5(C(F)(F)F)CC5)N4)nc3Cl)n2)c2ccc(C(=O)O)cc2)CN1. The third kappa shape index (κ3) is 9.36. The van der Waals surface area contributed by atoms with E-state index in [1.807, 2.05) is 24.3 Å². The van der Waals surface area contributed by atoms with Gasteiger partial charge in [0.2, 0.25) is 0 Å². The van der Waals surface area contributed by atoms with Crippen LogP contribution in [0.4, 0.5) is 24.8 Å². The second kappa shape index (κ2) is 15.6. The van der Waals surface area contributed by atoms with E-state index in [-0.39, 0.29) is 53.7 Å². The molecule has 278 valence electrons. The van der Waals surface area contributed by atoms with E-state index >= 15 is 0 Å². The molecule has 3 aliphatic rings. The highest BCUT2D eigenvalue weighted by atomic mass is 35.5. The molecule has 0 radical (unpaired) electrons. The molecule has 2 aromatic heterocycles. The molecule has 1 saturated heterocycles. The van der Waals surface area contributed by atoms with Crippen LogP contribution in [0.3, 0.4) is 0 Å². The molecular formula is C36H41ClF3N7O4S. The van der Waals surface area contributed by atoms with E-state index in [1.54, 1.807) is 36.5 Å². The zero-order valence-electron chi connectivity index (χ0n) is 28.7. The number of aromatic nitrogens is 2. The Hall–Kier alpha value is -3.89. The molecular weight excluding hydrogens is 719 g/mol. The summed E-state index contributed by atoms with van der Waals surface area (Å²) in [6.45, 7) is 5.31. The van der Waals surface area contributed by atoms with Crippen molar-refractivity contribution in [3.63, 3.8) is 0 Å². The lowest BCUT2D eigenvalue weighted by atomic mass is 9.90. The van der Waals surface area contributed by atoms with Gasteiger partial charge in [0, 0.05) is 30.3 Å². The van der Waals surface area contributed by atoms with Gasteiger partial charge in [-0.2, -0.15) is 18.6 Å². The third-order valence-corrected chi connectivity index (χ3v) is 10.7. The molecule has 1 aliphatic carbocycles. The zero-order valence-corrected chi connectivity index (χ0v) is 30.2. The van der Waals surface area contributed by atoms with E-state index in [0.717, 1.165) is 43.3 Å². The maximum absolute atomic E-state index is 13.2. The maximum atomic E-state index is 13.2. The number of ether oxygens (including phenoxy) is 1. The molecule has 1 saturated carbocycles. The molecule has 3 unspecified atom stereocenters. The van der Waals surface area contributed by atoms with Crippen molar-refractivity contribution in [2.75, 3.05) is 23.5 Å². The lowest BCUT2D eigenvalue weighted by molar-refractivity contribution is -0.192. The van der Waals surface area contributed by atoms with Crippen LogP contribution in [0.1, 0.15) is 84.7 Å². The fourth-order valence-corrected chi connectivity index (χ4v) is 7.35. The Bertz CT molecular complexity index is 1790. The van der Waals surface area contributed by atoms with Gasteiger partial charge >= 0.3 is 12.1 Å². The van der Waals surface area contributed by atoms with Crippen LogP contribution < -0.4 is 25.8 Å². The number of halogens is 4. The fourth-order valence-electron chi connectivity index (χ4n) is 6.52. The number of hydrogen-bond donors (Lipinski definition) is 5. The van der Waals surface area contributed by atoms with Crippen molar-refractivity contribution in [2.24, 2.45) is 11.3 Å². The number of nitrogens with zero attached hydrogens (tertiary/aromatic N) is 3. The number of hydrogen-bond acceptors (Lipinski definition) is 10. The minimum absolute atomic E-state index is 0.0444. The highest BCUT2D eigenvalue weighted by Gasteiger charge is 2.62. The number of amides is 1. The topological polar surface area (TPSA) is 141 Å². The number of carboxylic acids is 1. The smallest absolute Gasteiger partial charge is 0.394 e. The molecule has 0 spiro atoms. The standard InChI is InChI=1S/C36H41ClF3N7O4S/c1-34(2)20-22(21-41-34)6-12-26(23-7-9-24(10-8-23)33(49)50)42-27-4-3-5-30(43-27)52-46-32(48)25-11-13-28(44-31(25)37)47-18-14-29(45-47)51-19-17-35(15-16-35)36(38,39)40/h3-5,7-11,13-14,18,22,26,29,41,45H,6,12,15-17,19-21H2,1-2H3,(H,42,43)(H,46,48)(H,49,50). The van der Waals surface area contributed by atoms with Crippen molar-refractivity contribution in [3.8, 4) is 0 Å². The fraction of sp³-hybridized carbons (Fsp3) is 0.444. The van der Waals surface area contributed by atoms with Crippen LogP contribution >= 0.6 is 23.5 Å². The molecule has 3 atom stereocenters. The summed E-state index contributed by atoms with van der Waals surface area (Å²) in [7, 11) is 0. The predicted molar refractivity (Wildman–Crippen MR) is 193 cm³/mol. The second-order valence-electron chi connectivity index (χ2n) is 14.1. The van der Waals surface area contributed by atoms with E-state index in [0.29, 0.717) is 22.6 Å². The largest absolute Gasteiger partial charge is 0.478 e. The summed E-state index contributed by atoms with van der Waals surface area (Å²) < 4.78 is 47.9. The van der Waals surface area contributed by atoms with Crippen LogP contribution in [0.2, 0.25) is 5.15 Å². The number of rotatable bonds is 15. The second-order valence-corrected chi connectivity index (χ2v) is 15.3. The molecule has 2 aliphatic heterocycles. The number of hydrazine groups is 1. The lowest BCUT2D eigenvalue weighted by Gasteiger charge is -2.22. The molecule has 2 fully saturated rings. The van der Waals surface area contributed by atoms with E-state index in [9.17, 15) is 27.9 Å². The summed E-state index contributed by atoms with van der Waals surface area (Å²) in [5, 5.41) is 18.5. The Labute approximate surface area is 309 Å². The number of nitrogens with one attached hydrogen (secondary N) is 4. The molecule has 4 heterocycles. The third-order valence-electron chi connectivity index (χ3n) is 9.72. The Morgan fingerprint density at radius 3 is 2.56 bits per heavy atom. The number of carbonyl (C=O) groups is 2. The van der Waals surface area contributed by atoms with Crippen LogP contribution in [-0.2, 0) is 4.74 Å². The van der Waals surface area contributed by atoms with Gasteiger partial charge in [0.25, 0.3) is 5.91 Å². The van der Waals surface area contributed by atoms with Crippen molar-refractivity contribution in [2.45, 2.75) is 81.4 Å². The molecule has 1 amide bonds. The van der Waals surface area contributed by atoms with Crippen molar-refractivity contribution in [3.05, 3.63) is 88.7 Å². The molecule has 3 aromatic rings. The summed E-state index contributed by atoms with van der Waals surface area (Å²) in [5.41, 5.74) is 2.77. The average molecular weight is 760 g/mol. The van der Waals surface area contributed by atoms with E-state index in [4.69, 9.17) is 21.3 Å². The first-order valence-corrected chi connectivity index (χ1v) is 18.3. The lowest BCUT2D eigenvalue weighted by Crippen LogP contribution is -2.38. The summed E-state index contributed by atoms with van der Waals surface area (Å²) in [6.07, 6.45) is 1.46. The summed E-state index contributed by atoms with van der Waals surface area (Å²) >= 11 is 7.43. The molecule has 11 nitrogen and oxygen atoms in total. The van der Waals surface area contributed by atoms with Gasteiger partial charge in [-0.1, -0.05) is 29.8 Å². The van der Waals surface area contributed by atoms with E-state index < -0.39 is 29.7 Å². The first-order valence-electron chi connectivity index (χ1n) is 17.1. The van der Waals surface area contributed by atoms with Crippen LogP contribution in [0.25, 0.3) is 0 Å². The maximum Gasteiger partial charge on any atom is 0.394 e. The van der Waals surface area contributed by atoms with Gasteiger partial charge in [-0.05, 0) is 113 Å². The Morgan fingerprint density at radius 1 is 1.13 bits per heavy atom. The minimum atomic E-state index is -4.22. The number of anilines is 2. The first-order chi connectivity index (χ1) is 24.7. The Morgan fingerprint density at radius 2 is 1.90 bits per heavy atom. The van der Waals surface area contributed by atoms with Gasteiger partial charge in [-0.25, -0.2) is 14.8 Å². The molecule has 5 N–H and O–H groups in total.